The van der Waals surface area contributed by atoms with Crippen LogP contribution in [-0.4, -0.2) is 22.5 Å². The van der Waals surface area contributed by atoms with Crippen LogP contribution in [0, 0.1) is 0 Å². The number of urea groups is 1. The van der Waals surface area contributed by atoms with Crippen LogP contribution in [-0.2, 0) is 6.42 Å². The van der Waals surface area contributed by atoms with Gasteiger partial charge in [0.15, 0.2) is 0 Å². The van der Waals surface area contributed by atoms with Crippen molar-refractivity contribution in [3.05, 3.63) is 51.7 Å². The lowest BCUT2D eigenvalue weighted by molar-refractivity contribution is 0.252. The largest absolute Gasteiger partial charge is 0.337 e. The first kappa shape index (κ1) is 14.7. The molecule has 0 aliphatic carbocycles. The molecular formula is C13H12BrClN4O. The van der Waals surface area contributed by atoms with Crippen molar-refractivity contribution in [1.29, 1.82) is 0 Å². The molecule has 5 nitrogen and oxygen atoms in total. The van der Waals surface area contributed by atoms with Crippen LogP contribution in [0.4, 0.5) is 10.7 Å². The lowest BCUT2D eigenvalue weighted by Crippen LogP contribution is -2.31. The Morgan fingerprint density at radius 2 is 1.95 bits per heavy atom. The second kappa shape index (κ2) is 7.21. The second-order valence-corrected chi connectivity index (χ2v) is 5.27. The van der Waals surface area contributed by atoms with Gasteiger partial charge in [-0.1, -0.05) is 29.8 Å². The summed E-state index contributed by atoms with van der Waals surface area (Å²) >= 11 is 9.25. The van der Waals surface area contributed by atoms with Gasteiger partial charge >= 0.3 is 6.03 Å². The van der Waals surface area contributed by atoms with Gasteiger partial charge in [-0.2, -0.15) is 0 Å². The Morgan fingerprint density at radius 3 is 2.65 bits per heavy atom. The molecule has 0 saturated carbocycles. The number of hydrogen-bond donors (Lipinski definition) is 2. The third-order valence-corrected chi connectivity index (χ3v) is 3.26. The number of anilines is 1. The van der Waals surface area contributed by atoms with Crippen molar-refractivity contribution in [2.45, 2.75) is 6.42 Å². The molecule has 20 heavy (non-hydrogen) atoms. The molecule has 2 amide bonds. The van der Waals surface area contributed by atoms with Crippen molar-refractivity contribution >= 4 is 39.5 Å². The minimum atomic E-state index is -0.348. The first-order valence-corrected chi connectivity index (χ1v) is 7.08. The summed E-state index contributed by atoms with van der Waals surface area (Å²) in [5.41, 5.74) is 0.995. The van der Waals surface area contributed by atoms with Crippen LogP contribution in [0.25, 0.3) is 0 Å². The van der Waals surface area contributed by atoms with Crippen molar-refractivity contribution in [3.63, 3.8) is 0 Å². The molecule has 2 rings (SSSR count). The van der Waals surface area contributed by atoms with Gasteiger partial charge in [-0.05, 0) is 34.0 Å². The Kier molecular flexibility index (Phi) is 5.31. The minimum Gasteiger partial charge on any atom is -0.337 e. The molecule has 104 valence electrons. The van der Waals surface area contributed by atoms with E-state index in [0.29, 0.717) is 18.0 Å². The summed E-state index contributed by atoms with van der Waals surface area (Å²) in [4.78, 5) is 19.5. The van der Waals surface area contributed by atoms with Gasteiger partial charge in [-0.15, -0.1) is 0 Å². The number of amides is 2. The summed E-state index contributed by atoms with van der Waals surface area (Å²) < 4.78 is 0.752. The second-order valence-electron chi connectivity index (χ2n) is 3.95. The number of nitrogens with zero attached hydrogens (tertiary/aromatic N) is 2. The van der Waals surface area contributed by atoms with Gasteiger partial charge in [0.25, 0.3) is 0 Å². The molecule has 2 aromatic rings. The molecule has 0 radical (unpaired) electrons. The smallest absolute Gasteiger partial charge is 0.321 e. The van der Waals surface area contributed by atoms with Crippen molar-refractivity contribution < 1.29 is 4.79 Å². The topological polar surface area (TPSA) is 66.9 Å². The fraction of sp³-hybridized carbons (Fsp3) is 0.154. The van der Waals surface area contributed by atoms with E-state index in [1.54, 1.807) is 12.4 Å². The number of carbonyl (C=O) groups excluding carboxylic acids is 1. The molecule has 1 aromatic heterocycles. The molecule has 0 unspecified atom stereocenters. The molecular weight excluding hydrogens is 344 g/mol. The van der Waals surface area contributed by atoms with E-state index in [1.807, 2.05) is 24.3 Å². The molecule has 0 aliphatic heterocycles. The highest BCUT2D eigenvalue weighted by Crippen LogP contribution is 2.14. The molecule has 7 heteroatoms. The van der Waals surface area contributed by atoms with E-state index in [0.717, 1.165) is 10.0 Å². The van der Waals surface area contributed by atoms with E-state index in [1.165, 1.54) is 0 Å². The minimum absolute atomic E-state index is 0.253. The maximum Gasteiger partial charge on any atom is 0.321 e. The van der Waals surface area contributed by atoms with E-state index >= 15 is 0 Å². The molecule has 2 N–H and O–H groups in total. The molecule has 0 bridgehead atoms. The lowest BCUT2D eigenvalue weighted by atomic mass is 10.1. The van der Waals surface area contributed by atoms with Crippen molar-refractivity contribution in [2.75, 3.05) is 11.9 Å². The lowest BCUT2D eigenvalue weighted by Gasteiger charge is -2.07. The Hall–Kier alpha value is -1.66. The monoisotopic (exact) mass is 354 g/mol. The molecule has 1 aromatic carbocycles. The fourth-order valence-corrected chi connectivity index (χ4v) is 1.97. The van der Waals surface area contributed by atoms with Gasteiger partial charge in [-0.3, -0.25) is 5.32 Å². The average molecular weight is 356 g/mol. The normalized spacial score (nSPS) is 10.1. The zero-order valence-corrected chi connectivity index (χ0v) is 12.8. The zero-order valence-electron chi connectivity index (χ0n) is 10.4. The number of halogens is 2. The quantitative estimate of drug-likeness (QED) is 0.884. The SMILES string of the molecule is O=C(NCCc1ccccc1Cl)Nc1ncc(Br)cn1. The number of nitrogens with one attached hydrogen (secondary N) is 2. The van der Waals surface area contributed by atoms with Crippen molar-refractivity contribution in [2.24, 2.45) is 0 Å². The maximum absolute atomic E-state index is 11.6. The van der Waals surface area contributed by atoms with Gasteiger partial charge in [-0.25, -0.2) is 14.8 Å². The van der Waals surface area contributed by atoms with Crippen LogP contribution in [0.15, 0.2) is 41.1 Å². The summed E-state index contributed by atoms with van der Waals surface area (Å²) in [6.45, 7) is 0.478. The summed E-state index contributed by atoms with van der Waals surface area (Å²) in [5, 5.41) is 5.96. The number of rotatable bonds is 4. The number of carbonyl (C=O) groups is 1. The van der Waals surface area contributed by atoms with E-state index in [2.05, 4.69) is 36.5 Å². The average Bonchev–Trinajstić information content (AvgIpc) is 2.43. The van der Waals surface area contributed by atoms with Crippen LogP contribution in [0.2, 0.25) is 5.02 Å². The molecule has 1 heterocycles. The van der Waals surface area contributed by atoms with Crippen LogP contribution >= 0.6 is 27.5 Å². The Bertz CT molecular complexity index is 591. The summed E-state index contributed by atoms with van der Waals surface area (Å²) in [7, 11) is 0. The van der Waals surface area contributed by atoms with Crippen molar-refractivity contribution in [1.82, 2.24) is 15.3 Å². The fourth-order valence-electron chi connectivity index (χ4n) is 1.53. The van der Waals surface area contributed by atoms with Crippen LogP contribution in [0.1, 0.15) is 5.56 Å². The summed E-state index contributed by atoms with van der Waals surface area (Å²) in [6, 6.07) is 7.19. The summed E-state index contributed by atoms with van der Waals surface area (Å²) in [6.07, 6.45) is 3.78. The number of aromatic nitrogens is 2. The Morgan fingerprint density at radius 1 is 1.25 bits per heavy atom. The molecule has 0 aliphatic rings. The highest BCUT2D eigenvalue weighted by atomic mass is 79.9. The van der Waals surface area contributed by atoms with Gasteiger partial charge in [0.2, 0.25) is 5.95 Å². The van der Waals surface area contributed by atoms with E-state index < -0.39 is 0 Å². The molecule has 0 spiro atoms. The number of hydrogen-bond acceptors (Lipinski definition) is 3. The summed E-state index contributed by atoms with van der Waals surface area (Å²) in [5.74, 6) is 0.253. The Balaban J connectivity index is 1.78. The zero-order chi connectivity index (χ0) is 14.4. The molecule has 0 atom stereocenters. The highest BCUT2D eigenvalue weighted by molar-refractivity contribution is 9.10. The van der Waals surface area contributed by atoms with Crippen LogP contribution in [0.5, 0.6) is 0 Å². The van der Waals surface area contributed by atoms with E-state index in [4.69, 9.17) is 11.6 Å². The number of benzene rings is 1. The highest BCUT2D eigenvalue weighted by Gasteiger charge is 2.04. The third kappa shape index (κ3) is 4.47. The van der Waals surface area contributed by atoms with Gasteiger partial charge in [0, 0.05) is 24.0 Å². The predicted octanol–water partition coefficient (Wildman–Crippen LogP) is 3.26. The Labute approximate surface area is 129 Å². The van der Waals surface area contributed by atoms with E-state index in [9.17, 15) is 4.79 Å². The molecule has 0 saturated heterocycles. The van der Waals surface area contributed by atoms with Crippen LogP contribution < -0.4 is 10.6 Å². The maximum atomic E-state index is 11.6. The van der Waals surface area contributed by atoms with Gasteiger partial charge in [0.1, 0.15) is 0 Å². The first-order chi connectivity index (χ1) is 9.65. The standard InChI is InChI=1S/C13H12BrClN4O/c14-10-7-17-12(18-8-10)19-13(20)16-6-5-9-3-1-2-4-11(9)15/h1-4,7-8H,5-6H2,(H2,16,17,18,19,20). The molecule has 0 fully saturated rings. The predicted molar refractivity (Wildman–Crippen MR) is 81.9 cm³/mol. The first-order valence-electron chi connectivity index (χ1n) is 5.91. The van der Waals surface area contributed by atoms with Gasteiger partial charge in [0.05, 0.1) is 4.47 Å². The van der Waals surface area contributed by atoms with Crippen molar-refractivity contribution in [3.8, 4) is 0 Å². The van der Waals surface area contributed by atoms with Gasteiger partial charge < -0.3 is 5.32 Å². The third-order valence-electron chi connectivity index (χ3n) is 2.48. The van der Waals surface area contributed by atoms with Crippen LogP contribution in [0.3, 0.4) is 0 Å². The van der Waals surface area contributed by atoms with E-state index in [-0.39, 0.29) is 12.0 Å².